The summed E-state index contributed by atoms with van der Waals surface area (Å²) in [5, 5.41) is 13.1. The molecule has 1 aromatic rings. The number of ketones is 1. The SMILES string of the molecule is COCc1noc2c1C(=O)CC(O)C2. The van der Waals surface area contributed by atoms with Crippen molar-refractivity contribution in [1.29, 1.82) is 0 Å². The van der Waals surface area contributed by atoms with Gasteiger partial charge in [-0.2, -0.15) is 0 Å². The fourth-order valence-electron chi connectivity index (χ4n) is 1.66. The molecule has 1 heterocycles. The van der Waals surface area contributed by atoms with Gasteiger partial charge in [0.05, 0.1) is 18.3 Å². The standard InChI is InChI=1S/C9H11NO4/c1-13-4-6-9-7(12)2-5(11)3-8(9)14-10-6/h5,11H,2-4H2,1H3. The van der Waals surface area contributed by atoms with E-state index < -0.39 is 6.10 Å². The van der Waals surface area contributed by atoms with Gasteiger partial charge in [-0.05, 0) is 0 Å². The van der Waals surface area contributed by atoms with Gasteiger partial charge in [-0.25, -0.2) is 0 Å². The van der Waals surface area contributed by atoms with Crippen molar-refractivity contribution in [2.45, 2.75) is 25.6 Å². The van der Waals surface area contributed by atoms with Crippen LogP contribution in [-0.2, 0) is 17.8 Å². The minimum atomic E-state index is -0.640. The van der Waals surface area contributed by atoms with E-state index in [1.807, 2.05) is 0 Å². The fourth-order valence-corrected chi connectivity index (χ4v) is 1.66. The molecule has 0 amide bonds. The Bertz CT molecular complexity index is 344. The lowest BCUT2D eigenvalue weighted by atomic mass is 9.93. The molecular formula is C9H11NO4. The number of ether oxygens (including phenoxy) is 1. The highest BCUT2D eigenvalue weighted by molar-refractivity contribution is 5.99. The minimum Gasteiger partial charge on any atom is -0.392 e. The monoisotopic (exact) mass is 197 g/mol. The first-order valence-electron chi connectivity index (χ1n) is 4.40. The van der Waals surface area contributed by atoms with Gasteiger partial charge in [0.25, 0.3) is 0 Å². The van der Waals surface area contributed by atoms with Gasteiger partial charge in [-0.15, -0.1) is 0 Å². The molecule has 0 radical (unpaired) electrons. The molecular weight excluding hydrogens is 186 g/mol. The van der Waals surface area contributed by atoms with Gasteiger partial charge in [0, 0.05) is 20.0 Å². The number of carbonyl (C=O) groups excluding carboxylic acids is 1. The van der Waals surface area contributed by atoms with Gasteiger partial charge in [0.1, 0.15) is 11.5 Å². The maximum atomic E-state index is 11.5. The second kappa shape index (κ2) is 3.51. The van der Waals surface area contributed by atoms with Crippen molar-refractivity contribution < 1.29 is 19.2 Å². The minimum absolute atomic E-state index is 0.118. The van der Waals surface area contributed by atoms with Gasteiger partial charge < -0.3 is 14.4 Å². The zero-order valence-corrected chi connectivity index (χ0v) is 7.82. The smallest absolute Gasteiger partial charge is 0.171 e. The molecule has 5 nitrogen and oxygen atoms in total. The van der Waals surface area contributed by atoms with E-state index in [4.69, 9.17) is 9.26 Å². The molecule has 0 bridgehead atoms. The fraction of sp³-hybridized carbons (Fsp3) is 0.556. The Hall–Kier alpha value is -1.20. The van der Waals surface area contributed by atoms with Crippen molar-refractivity contribution in [2.24, 2.45) is 0 Å². The number of rotatable bonds is 2. The second-order valence-electron chi connectivity index (χ2n) is 3.35. The predicted molar refractivity (Wildman–Crippen MR) is 45.9 cm³/mol. The third-order valence-corrected chi connectivity index (χ3v) is 2.24. The van der Waals surface area contributed by atoms with Crippen LogP contribution in [0.2, 0.25) is 0 Å². The van der Waals surface area contributed by atoms with Crippen LogP contribution in [-0.4, -0.2) is 29.3 Å². The van der Waals surface area contributed by atoms with Crippen LogP contribution >= 0.6 is 0 Å². The number of aliphatic hydroxyl groups excluding tert-OH is 1. The van der Waals surface area contributed by atoms with Gasteiger partial charge in [-0.3, -0.25) is 4.79 Å². The number of hydrogen-bond acceptors (Lipinski definition) is 5. The van der Waals surface area contributed by atoms with E-state index in [2.05, 4.69) is 5.16 Å². The molecule has 0 spiro atoms. The molecule has 0 fully saturated rings. The summed E-state index contributed by atoms with van der Waals surface area (Å²) in [7, 11) is 1.53. The van der Waals surface area contributed by atoms with Crippen molar-refractivity contribution in [2.75, 3.05) is 7.11 Å². The zero-order valence-electron chi connectivity index (χ0n) is 7.82. The highest BCUT2D eigenvalue weighted by Crippen LogP contribution is 2.24. The number of aliphatic hydroxyl groups is 1. The predicted octanol–water partition coefficient (Wildman–Crippen LogP) is 0.311. The third-order valence-electron chi connectivity index (χ3n) is 2.24. The average Bonchev–Trinajstić information content (AvgIpc) is 2.49. The lowest BCUT2D eigenvalue weighted by Crippen LogP contribution is -2.23. The number of aromatic nitrogens is 1. The summed E-state index contributed by atoms with van der Waals surface area (Å²) in [5.74, 6) is 0.354. The molecule has 0 aliphatic heterocycles. The van der Waals surface area contributed by atoms with E-state index in [1.54, 1.807) is 0 Å². The third kappa shape index (κ3) is 1.44. The van der Waals surface area contributed by atoms with E-state index in [0.717, 1.165) is 0 Å². The first kappa shape index (κ1) is 9.36. The molecule has 0 saturated carbocycles. The summed E-state index contributed by atoms with van der Waals surface area (Å²) < 4.78 is 9.86. The number of hydrogen-bond donors (Lipinski definition) is 1. The van der Waals surface area contributed by atoms with Gasteiger partial charge in [0.15, 0.2) is 5.78 Å². The van der Waals surface area contributed by atoms with Gasteiger partial charge >= 0.3 is 0 Å². The van der Waals surface area contributed by atoms with Crippen molar-refractivity contribution in [3.63, 3.8) is 0 Å². The average molecular weight is 197 g/mol. The van der Waals surface area contributed by atoms with Crippen molar-refractivity contribution in [3.8, 4) is 0 Å². The molecule has 1 unspecified atom stereocenters. The van der Waals surface area contributed by atoms with Crippen molar-refractivity contribution in [3.05, 3.63) is 17.0 Å². The molecule has 0 aromatic carbocycles. The van der Waals surface area contributed by atoms with E-state index in [0.29, 0.717) is 23.4 Å². The number of Topliss-reactive ketones (excluding diaryl/α,β-unsaturated/α-hetero) is 1. The molecule has 1 N–H and O–H groups in total. The van der Waals surface area contributed by atoms with E-state index in [1.165, 1.54) is 7.11 Å². The maximum Gasteiger partial charge on any atom is 0.171 e. The first-order valence-corrected chi connectivity index (χ1v) is 4.40. The molecule has 1 aliphatic carbocycles. The second-order valence-corrected chi connectivity index (χ2v) is 3.35. The lowest BCUT2D eigenvalue weighted by molar-refractivity contribution is 0.0832. The van der Waals surface area contributed by atoms with Crippen LogP contribution in [0.15, 0.2) is 4.52 Å². The summed E-state index contributed by atoms with van der Waals surface area (Å²) in [5.41, 5.74) is 1.02. The zero-order chi connectivity index (χ0) is 10.1. The Labute approximate surface area is 80.6 Å². The Morgan fingerprint density at radius 3 is 3.14 bits per heavy atom. The highest BCUT2D eigenvalue weighted by Gasteiger charge is 2.30. The van der Waals surface area contributed by atoms with Crippen molar-refractivity contribution in [1.82, 2.24) is 5.16 Å². The van der Waals surface area contributed by atoms with E-state index >= 15 is 0 Å². The van der Waals surface area contributed by atoms with E-state index in [9.17, 15) is 9.90 Å². The Morgan fingerprint density at radius 1 is 1.64 bits per heavy atom. The molecule has 1 atom stereocenters. The van der Waals surface area contributed by atoms with Crippen LogP contribution in [0.1, 0.15) is 28.2 Å². The summed E-state index contributed by atoms with van der Waals surface area (Å²) in [6.07, 6.45) is -0.138. The number of fused-ring (bicyclic) bond motifs is 1. The molecule has 0 saturated heterocycles. The molecule has 2 rings (SSSR count). The topological polar surface area (TPSA) is 72.6 Å². The lowest BCUT2D eigenvalue weighted by Gasteiger charge is -2.14. The molecule has 1 aliphatic rings. The van der Waals surface area contributed by atoms with Crippen LogP contribution < -0.4 is 0 Å². The Balaban J connectivity index is 2.36. The first-order chi connectivity index (χ1) is 6.72. The molecule has 14 heavy (non-hydrogen) atoms. The number of methoxy groups -OCH3 is 1. The summed E-state index contributed by atoms with van der Waals surface area (Å²) in [6.45, 7) is 0.265. The van der Waals surface area contributed by atoms with Crippen LogP contribution in [0.4, 0.5) is 0 Å². The normalized spacial score (nSPS) is 21.0. The Kier molecular flexibility index (Phi) is 2.35. The van der Waals surface area contributed by atoms with Crippen LogP contribution in [0.5, 0.6) is 0 Å². The van der Waals surface area contributed by atoms with E-state index in [-0.39, 0.29) is 18.8 Å². The van der Waals surface area contributed by atoms with Crippen LogP contribution in [0, 0.1) is 0 Å². The highest BCUT2D eigenvalue weighted by atomic mass is 16.5. The van der Waals surface area contributed by atoms with Gasteiger partial charge in [-0.1, -0.05) is 5.16 Å². The Morgan fingerprint density at radius 2 is 2.43 bits per heavy atom. The number of nitrogens with zero attached hydrogens (tertiary/aromatic N) is 1. The van der Waals surface area contributed by atoms with Gasteiger partial charge in [0.2, 0.25) is 0 Å². The largest absolute Gasteiger partial charge is 0.392 e. The molecule has 1 aromatic heterocycles. The van der Waals surface area contributed by atoms with Crippen molar-refractivity contribution >= 4 is 5.78 Å². The summed E-state index contributed by atoms with van der Waals surface area (Å²) in [4.78, 5) is 11.5. The maximum absolute atomic E-state index is 11.5. The van der Waals surface area contributed by atoms with Crippen LogP contribution in [0.25, 0.3) is 0 Å². The number of carbonyl (C=O) groups is 1. The summed E-state index contributed by atoms with van der Waals surface area (Å²) in [6, 6.07) is 0. The molecule has 5 heteroatoms. The van der Waals surface area contributed by atoms with Crippen LogP contribution in [0.3, 0.4) is 0 Å². The quantitative estimate of drug-likeness (QED) is 0.738. The summed E-state index contributed by atoms with van der Waals surface area (Å²) >= 11 is 0. The molecule has 76 valence electrons.